The monoisotopic (exact) mass is 431 g/mol. The number of alkyl halides is 3. The van der Waals surface area contributed by atoms with Gasteiger partial charge in [0.05, 0.1) is 24.6 Å². The van der Waals surface area contributed by atoms with Crippen molar-refractivity contribution in [2.45, 2.75) is 44.7 Å². The van der Waals surface area contributed by atoms with Gasteiger partial charge in [-0.1, -0.05) is 44.1 Å². The van der Waals surface area contributed by atoms with Gasteiger partial charge in [-0.25, -0.2) is 9.99 Å². The van der Waals surface area contributed by atoms with Gasteiger partial charge in [0, 0.05) is 19.2 Å². The fourth-order valence-electron chi connectivity index (χ4n) is 3.52. The Morgan fingerprint density at radius 1 is 1.26 bits per heavy atom. The number of nitrogens with one attached hydrogen (secondary N) is 1. The van der Waals surface area contributed by atoms with Crippen molar-refractivity contribution in [2.75, 3.05) is 23.4 Å². The molecule has 8 heteroatoms. The van der Waals surface area contributed by atoms with Crippen molar-refractivity contribution < 1.29 is 13.2 Å². The average molecular weight is 432 g/mol. The second-order valence-electron chi connectivity index (χ2n) is 7.71. The molecule has 5 nitrogen and oxygen atoms in total. The van der Waals surface area contributed by atoms with Crippen LogP contribution in [0.1, 0.15) is 38.5 Å². The summed E-state index contributed by atoms with van der Waals surface area (Å²) in [5.41, 5.74) is -0.153. The van der Waals surface area contributed by atoms with Gasteiger partial charge in [0.15, 0.2) is 0 Å². The van der Waals surface area contributed by atoms with Crippen LogP contribution in [0.25, 0.3) is 0 Å². The Bertz CT molecular complexity index is 847. The van der Waals surface area contributed by atoms with Crippen LogP contribution in [-0.2, 0) is 0 Å². The molecule has 1 N–H and O–H groups in total. The molecule has 2 heterocycles. The molecule has 0 amide bonds. The van der Waals surface area contributed by atoms with Gasteiger partial charge in [-0.2, -0.15) is 18.3 Å². The van der Waals surface area contributed by atoms with Gasteiger partial charge in [-0.3, -0.25) is 4.99 Å². The molecule has 31 heavy (non-hydrogen) atoms. The Balaban J connectivity index is 1.73. The molecule has 1 aliphatic carbocycles. The summed E-state index contributed by atoms with van der Waals surface area (Å²) in [6.45, 7) is 4.62. The van der Waals surface area contributed by atoms with Crippen LogP contribution < -0.4 is 10.3 Å². The van der Waals surface area contributed by atoms with E-state index in [2.05, 4.69) is 27.0 Å². The summed E-state index contributed by atoms with van der Waals surface area (Å²) in [5, 5.41) is 8.14. The maximum atomic E-state index is 13.4. The molecule has 0 aromatic carbocycles. The summed E-state index contributed by atoms with van der Waals surface area (Å²) < 4.78 is 40.1. The van der Waals surface area contributed by atoms with Crippen LogP contribution >= 0.6 is 0 Å². The number of aromatic nitrogens is 1. The molecule has 0 radical (unpaired) electrons. The third-order valence-corrected chi connectivity index (χ3v) is 5.32. The Kier molecular flexibility index (Phi) is 8.03. The lowest BCUT2D eigenvalue weighted by atomic mass is 9.89. The third-order valence-electron chi connectivity index (χ3n) is 5.32. The Morgan fingerprint density at radius 3 is 2.77 bits per heavy atom. The van der Waals surface area contributed by atoms with E-state index in [1.54, 1.807) is 24.4 Å². The van der Waals surface area contributed by atoms with Crippen LogP contribution in [0.4, 0.5) is 24.7 Å². The van der Waals surface area contributed by atoms with E-state index < -0.39 is 11.9 Å². The van der Waals surface area contributed by atoms with Crippen molar-refractivity contribution in [2.24, 2.45) is 16.0 Å². The quantitative estimate of drug-likeness (QED) is 0.432. The van der Waals surface area contributed by atoms with E-state index in [1.807, 2.05) is 12.2 Å². The fourth-order valence-corrected chi connectivity index (χ4v) is 3.52. The predicted octanol–water partition coefficient (Wildman–Crippen LogP) is 5.90. The molecule has 0 bridgehead atoms. The Morgan fingerprint density at radius 2 is 2.06 bits per heavy atom. The number of pyridine rings is 1. The van der Waals surface area contributed by atoms with Crippen molar-refractivity contribution in [3.8, 4) is 0 Å². The molecule has 1 aliphatic heterocycles. The SMILES string of the molecule is C=C(N(/N=C/C1=C/C=CCN=CC1)c1ccc(NCC2CCCCC2)nc1)C(F)(F)F. The number of nitrogens with zero attached hydrogens (tertiary/aromatic N) is 4. The summed E-state index contributed by atoms with van der Waals surface area (Å²) in [4.78, 5) is 8.45. The highest BCUT2D eigenvalue weighted by molar-refractivity contribution is 5.85. The van der Waals surface area contributed by atoms with E-state index in [0.717, 1.165) is 17.1 Å². The zero-order valence-corrected chi connectivity index (χ0v) is 17.5. The van der Waals surface area contributed by atoms with Gasteiger partial charge in [0.25, 0.3) is 0 Å². The standard InChI is InChI=1S/C23H28F3N5/c1-18(23(24,25)26)31(30-16-20-9-5-6-13-27-14-12-20)21-10-11-22(29-17-21)28-15-19-7-3-2-4-8-19/h5-6,9-11,14,16-17,19H,1-4,7-8,12-13,15H2,(H,28,29)/b6-5?,20-9+,27-14?,30-16+. The number of aliphatic imine (C=N–C) groups is 1. The normalized spacial score (nSPS) is 19.5. The lowest BCUT2D eigenvalue weighted by molar-refractivity contribution is -0.0929. The van der Waals surface area contributed by atoms with Crippen LogP contribution in [0.2, 0.25) is 0 Å². The van der Waals surface area contributed by atoms with Crippen LogP contribution in [0, 0.1) is 5.92 Å². The van der Waals surface area contributed by atoms with Crippen molar-refractivity contribution >= 4 is 23.9 Å². The highest BCUT2D eigenvalue weighted by Gasteiger charge is 2.37. The second-order valence-corrected chi connectivity index (χ2v) is 7.71. The summed E-state index contributed by atoms with van der Waals surface area (Å²) in [6.07, 6.45) is 12.1. The number of anilines is 2. The number of hydrazone groups is 1. The van der Waals surface area contributed by atoms with E-state index in [9.17, 15) is 13.2 Å². The second kappa shape index (κ2) is 10.9. The van der Waals surface area contributed by atoms with Gasteiger partial charge in [0.1, 0.15) is 11.5 Å². The largest absolute Gasteiger partial charge is 0.432 e. The Labute approximate surface area is 181 Å². The molecule has 0 unspecified atom stereocenters. The molecule has 2 aliphatic rings. The summed E-state index contributed by atoms with van der Waals surface area (Å²) in [6, 6.07) is 3.24. The first kappa shape index (κ1) is 22.8. The van der Waals surface area contributed by atoms with Gasteiger partial charge in [0.2, 0.25) is 0 Å². The van der Waals surface area contributed by atoms with Crippen LogP contribution in [0.3, 0.4) is 0 Å². The van der Waals surface area contributed by atoms with Crippen LogP contribution in [-0.4, -0.2) is 36.7 Å². The minimum atomic E-state index is -4.62. The fraction of sp³-hybridized carbons (Fsp3) is 0.435. The molecule has 1 saturated carbocycles. The number of hydrogen-bond donors (Lipinski definition) is 1. The zero-order valence-electron chi connectivity index (χ0n) is 17.5. The highest BCUT2D eigenvalue weighted by atomic mass is 19.4. The highest BCUT2D eigenvalue weighted by Crippen LogP contribution is 2.31. The van der Waals surface area contributed by atoms with E-state index in [0.29, 0.717) is 24.7 Å². The van der Waals surface area contributed by atoms with Crippen LogP contribution in [0.5, 0.6) is 0 Å². The first-order valence-electron chi connectivity index (χ1n) is 10.6. The maximum Gasteiger partial charge on any atom is 0.432 e. The minimum absolute atomic E-state index is 0.192. The van der Waals surface area contributed by atoms with E-state index in [4.69, 9.17) is 0 Å². The molecule has 3 rings (SSSR count). The van der Waals surface area contributed by atoms with E-state index in [1.165, 1.54) is 44.5 Å². The molecule has 0 atom stereocenters. The number of halogens is 3. The number of hydrogen-bond acceptors (Lipinski definition) is 5. The smallest absolute Gasteiger partial charge is 0.370 e. The maximum absolute atomic E-state index is 13.4. The predicted molar refractivity (Wildman–Crippen MR) is 121 cm³/mol. The average Bonchev–Trinajstić information content (AvgIpc) is 2.74. The molecule has 0 saturated heterocycles. The molecule has 0 spiro atoms. The zero-order chi connectivity index (χ0) is 22.1. The van der Waals surface area contributed by atoms with E-state index >= 15 is 0 Å². The van der Waals surface area contributed by atoms with Crippen molar-refractivity contribution in [3.05, 3.63) is 54.4 Å². The van der Waals surface area contributed by atoms with Crippen molar-refractivity contribution in [1.82, 2.24) is 4.98 Å². The van der Waals surface area contributed by atoms with Gasteiger partial charge in [-0.05, 0) is 36.5 Å². The molecule has 1 aromatic heterocycles. The molecule has 166 valence electrons. The lowest BCUT2D eigenvalue weighted by Gasteiger charge is -2.24. The number of allylic oxidation sites excluding steroid dienone is 4. The molecule has 1 aromatic rings. The molecular formula is C23H28F3N5. The van der Waals surface area contributed by atoms with Crippen molar-refractivity contribution in [3.63, 3.8) is 0 Å². The summed E-state index contributed by atoms with van der Waals surface area (Å²) in [5.74, 6) is 1.26. The first-order valence-corrected chi connectivity index (χ1v) is 10.6. The topological polar surface area (TPSA) is 52.9 Å². The van der Waals surface area contributed by atoms with Crippen LogP contribution in [0.15, 0.2) is 64.5 Å². The Hall–Kier alpha value is -2.90. The van der Waals surface area contributed by atoms with Crippen molar-refractivity contribution in [1.29, 1.82) is 0 Å². The third kappa shape index (κ3) is 7.08. The van der Waals surface area contributed by atoms with Gasteiger partial charge < -0.3 is 5.32 Å². The van der Waals surface area contributed by atoms with E-state index in [-0.39, 0.29) is 5.69 Å². The van der Waals surface area contributed by atoms with Gasteiger partial charge in [-0.15, -0.1) is 0 Å². The van der Waals surface area contributed by atoms with Gasteiger partial charge >= 0.3 is 6.18 Å². The number of rotatable bonds is 7. The molecular weight excluding hydrogens is 403 g/mol. The molecule has 1 fully saturated rings. The summed E-state index contributed by atoms with van der Waals surface area (Å²) >= 11 is 0. The summed E-state index contributed by atoms with van der Waals surface area (Å²) in [7, 11) is 0. The minimum Gasteiger partial charge on any atom is -0.370 e. The first-order chi connectivity index (χ1) is 14.9. The lowest BCUT2D eigenvalue weighted by Crippen LogP contribution is -2.27.